The number of benzene rings is 1. The van der Waals surface area contributed by atoms with E-state index in [9.17, 15) is 17.6 Å². The maximum atomic E-state index is 16.5. The van der Waals surface area contributed by atoms with Gasteiger partial charge in [-0.1, -0.05) is 145 Å². The quantitative estimate of drug-likeness (QED) is 0.0219. The highest BCUT2D eigenvalue weighted by molar-refractivity contribution is 6.89. The Balaban J connectivity index is 0.00000248. The molecule has 84 heavy (non-hydrogen) atoms. The van der Waals surface area contributed by atoms with Crippen molar-refractivity contribution in [3.63, 3.8) is 0 Å². The van der Waals surface area contributed by atoms with E-state index < -0.39 is 177 Å². The van der Waals surface area contributed by atoms with Gasteiger partial charge in [-0.3, -0.25) is 0 Å². The van der Waals surface area contributed by atoms with Gasteiger partial charge in [0.15, 0.2) is 17.3 Å². The molecule has 0 spiro atoms. The molecule has 0 heterocycles. The molecule has 30 heteroatoms. The summed E-state index contributed by atoms with van der Waals surface area (Å²) in [6.45, 7) is 12.0. The molecule has 500 valence electrons. The van der Waals surface area contributed by atoms with Crippen molar-refractivity contribution in [2.45, 2.75) is 280 Å². The highest BCUT2D eigenvalue weighted by Crippen LogP contribution is 2.73. The molecule has 0 saturated carbocycles. The lowest BCUT2D eigenvalue weighted by atomic mass is 9.08. The van der Waals surface area contributed by atoms with Crippen LogP contribution in [-0.4, -0.2) is 90.4 Å². The van der Waals surface area contributed by atoms with Gasteiger partial charge >= 0.3 is 53.5 Å². The van der Waals surface area contributed by atoms with Crippen LogP contribution in [0.1, 0.15) is 209 Å². The molecule has 0 aliphatic heterocycles. The zero-order chi connectivity index (χ0) is 66.2. The van der Waals surface area contributed by atoms with Gasteiger partial charge in [-0.05, 0) is 44.4 Å². The second-order valence-corrected chi connectivity index (χ2v) is 22.3. The highest BCUT2D eigenvalue weighted by atomic mass is 19.4. The average molecular weight is 1290 g/mol. The topological polar surface area (TPSA) is 4.44 Å². The van der Waals surface area contributed by atoms with Crippen LogP contribution in [0, 0.1) is 35.1 Å². The Bertz CT molecular complexity index is 1880. The molecule has 0 saturated heterocycles. The van der Waals surface area contributed by atoms with Crippen molar-refractivity contribution in [2.24, 2.45) is 11.8 Å². The van der Waals surface area contributed by atoms with E-state index in [0.29, 0.717) is 17.4 Å². The third-order valence-electron chi connectivity index (χ3n) is 15.6. The molecule has 0 aliphatic carbocycles. The summed E-state index contributed by atoms with van der Waals surface area (Å²) in [5, 5.41) is 0. The Morgan fingerprint density at radius 3 is 0.905 bits per heavy atom. The van der Waals surface area contributed by atoms with E-state index in [2.05, 4.69) is 20.8 Å². The van der Waals surface area contributed by atoms with Crippen LogP contribution in [0.25, 0.3) is 0 Å². The molecule has 3 atom stereocenters. The maximum Gasteiger partial charge on any atom is 0.339 e. The van der Waals surface area contributed by atoms with Crippen molar-refractivity contribution in [3.8, 4) is 0 Å². The largest absolute Gasteiger partial charge is 0.339 e. The first-order valence-electron chi connectivity index (χ1n) is 28.4. The SMILES string of the molecule is CCCC(CC)CCC(C)C[NH+](C)c1cc(F)c(F)c(F)c1F.CCCCCCC(F)(F)C(F)(F)C(F)(F)[B-](C(F)(F)C(F)(F)C(F)(F)CCCCCC)(C(F)(F)C(F)(F)C(F)(F)CCCCCC)C(F)(F)C(F)(F)C(F)(F)CCCCCC. The summed E-state index contributed by atoms with van der Waals surface area (Å²) in [6.07, 6.45) is -29.2. The van der Waals surface area contributed by atoms with E-state index >= 15 is 105 Å². The average Bonchev–Trinajstić information content (AvgIpc) is 0.654. The van der Waals surface area contributed by atoms with Gasteiger partial charge in [0, 0.05) is 37.7 Å². The molecule has 1 aromatic rings. The minimum Gasteiger partial charge on any atom is -0.302 e. The van der Waals surface area contributed by atoms with E-state index in [1.54, 1.807) is 7.05 Å². The molecular weight excluding hydrogens is 1210 g/mol. The molecule has 0 aromatic heterocycles. The Morgan fingerprint density at radius 2 is 0.655 bits per heavy atom. The monoisotopic (exact) mass is 1290 g/mol. The lowest BCUT2D eigenvalue weighted by Crippen LogP contribution is -3.05. The third kappa shape index (κ3) is 16.6. The van der Waals surface area contributed by atoms with Crippen molar-refractivity contribution in [1.82, 2.24) is 0 Å². The summed E-state index contributed by atoms with van der Waals surface area (Å²) in [7, 11) is 1.65. The standard InChI is InChI=1S/C36H52BF24.C18H27F4N/c1-5-9-13-17-21-25(38,39)29(46,47)33(54,55)37(34(56,57)30(48,49)26(40,41)22-18-14-10-6-2,35(58,59)31(50,51)27(42,43)23-19-15-11-7-3)36(60,61)32(52,53)28(44,45)24-20-16-12-8-4;1-5-7-13(6-2)9-8-12(3)11-23(4)15-10-14(19)16(20)18(22)17(15)21/h5-24H2,1-4H3;10,12-13H,5-9,11H2,1-4H3/q-1;/p+1. The number of halogens is 28. The van der Waals surface area contributed by atoms with Crippen molar-refractivity contribution < 1.29 is 128 Å². The number of hydrogen-bond donors (Lipinski definition) is 1. The van der Waals surface area contributed by atoms with Crippen LogP contribution in [0.3, 0.4) is 0 Å². The van der Waals surface area contributed by atoms with Crippen LogP contribution in [0.15, 0.2) is 6.07 Å². The first-order chi connectivity index (χ1) is 38.1. The highest BCUT2D eigenvalue weighted by Gasteiger charge is 3.03. The lowest BCUT2D eigenvalue weighted by Gasteiger charge is -2.63. The van der Waals surface area contributed by atoms with Crippen LogP contribution in [-0.2, 0) is 0 Å². The Labute approximate surface area is 473 Å². The van der Waals surface area contributed by atoms with Gasteiger partial charge in [0.2, 0.25) is 34.9 Å². The fourth-order valence-corrected chi connectivity index (χ4v) is 10.3. The van der Waals surface area contributed by atoms with Crippen molar-refractivity contribution in [2.75, 3.05) is 13.6 Å². The van der Waals surface area contributed by atoms with Crippen LogP contribution >= 0.6 is 0 Å². The summed E-state index contributed by atoms with van der Waals surface area (Å²) in [5.41, 5.74) is -0.158. The summed E-state index contributed by atoms with van der Waals surface area (Å²) >= 11 is 0. The molecule has 0 fully saturated rings. The first kappa shape index (κ1) is 81.3. The molecule has 1 rings (SSSR count). The first-order valence-corrected chi connectivity index (χ1v) is 28.4. The summed E-state index contributed by atoms with van der Waals surface area (Å²) in [5.74, 6) is -109. The van der Waals surface area contributed by atoms with E-state index in [1.807, 2.05) is 0 Å². The normalized spacial score (nSPS) is 15.5. The number of alkyl halides is 24. The fraction of sp³-hybridized carbons (Fsp3) is 0.889. The van der Waals surface area contributed by atoms with Crippen LogP contribution < -0.4 is 4.90 Å². The lowest BCUT2D eigenvalue weighted by molar-refractivity contribution is -0.815. The summed E-state index contributed by atoms with van der Waals surface area (Å²) in [6, 6.07) is 0.752. The molecule has 0 bridgehead atoms. The zero-order valence-corrected chi connectivity index (χ0v) is 48.3. The number of rotatable bonds is 41. The predicted octanol–water partition coefficient (Wildman–Crippen LogP) is 21.7. The van der Waals surface area contributed by atoms with Crippen LogP contribution in [0.5, 0.6) is 0 Å². The minimum atomic E-state index is -11.7. The molecule has 0 aliphatic rings. The van der Waals surface area contributed by atoms with Crippen molar-refractivity contribution in [1.29, 1.82) is 0 Å². The van der Waals surface area contributed by atoms with E-state index in [0.717, 1.165) is 31.7 Å². The van der Waals surface area contributed by atoms with Gasteiger partial charge in [-0.15, -0.1) is 0 Å². The van der Waals surface area contributed by atoms with Crippen LogP contribution in [0.2, 0.25) is 0 Å². The number of nitrogens with one attached hydrogen (secondary N) is 1. The van der Waals surface area contributed by atoms with Crippen molar-refractivity contribution >= 4 is 11.8 Å². The summed E-state index contributed by atoms with van der Waals surface area (Å²) in [4.78, 5) is 0.552. The number of quaternary nitrogens is 1. The molecule has 1 nitrogen and oxygen atoms in total. The second-order valence-electron chi connectivity index (χ2n) is 22.3. The minimum absolute atomic E-state index is 0.0414. The van der Waals surface area contributed by atoms with E-state index in [1.165, 1.54) is 34.1 Å². The van der Waals surface area contributed by atoms with Gasteiger partial charge < -0.3 is 4.90 Å². The molecule has 0 radical (unpaired) electrons. The molecule has 1 aromatic carbocycles. The summed E-state index contributed by atoms with van der Waals surface area (Å²) < 4.78 is 433. The molecule has 3 unspecified atom stereocenters. The molecular formula is C54H80BF28N. The van der Waals surface area contributed by atoms with E-state index in [4.69, 9.17) is 0 Å². The number of hydrogen-bond acceptors (Lipinski definition) is 0. The van der Waals surface area contributed by atoms with Gasteiger partial charge in [0.25, 0.3) is 0 Å². The molecule has 0 amide bonds. The number of unbranched alkanes of at least 4 members (excludes halogenated alkanes) is 12. The van der Waals surface area contributed by atoms with Crippen molar-refractivity contribution in [3.05, 3.63) is 29.3 Å². The van der Waals surface area contributed by atoms with Gasteiger partial charge in [-0.25, -0.2) is 48.3 Å². The maximum absolute atomic E-state index is 16.5. The molecule has 1 N–H and O–H groups in total. The van der Waals surface area contributed by atoms with Gasteiger partial charge in [0.05, 0.1) is 13.6 Å². The Morgan fingerprint density at radius 1 is 0.369 bits per heavy atom. The van der Waals surface area contributed by atoms with Gasteiger partial charge in [0.1, 0.15) is 0 Å². The Kier molecular flexibility index (Phi) is 30.6. The van der Waals surface area contributed by atoms with Gasteiger partial charge in [-0.2, -0.15) is 74.6 Å². The predicted molar refractivity (Wildman–Crippen MR) is 265 cm³/mol. The smallest absolute Gasteiger partial charge is 0.302 e. The zero-order valence-electron chi connectivity index (χ0n) is 48.3. The third-order valence-corrected chi connectivity index (χ3v) is 15.6. The second kappa shape index (κ2) is 31.6. The van der Waals surface area contributed by atoms with Crippen LogP contribution in [0.4, 0.5) is 129 Å². The van der Waals surface area contributed by atoms with E-state index in [-0.39, 0.29) is 63.0 Å². The fourth-order valence-electron chi connectivity index (χ4n) is 10.3. The Hall–Kier alpha value is -2.72.